The Bertz CT molecular complexity index is 1150. The minimum Gasteiger partial charge on any atom is -0.365 e. The summed E-state index contributed by atoms with van der Waals surface area (Å²) in [5.74, 6) is -1.44. The van der Waals surface area contributed by atoms with Crippen LogP contribution in [-0.4, -0.2) is 24.4 Å². The van der Waals surface area contributed by atoms with Gasteiger partial charge in [-0.25, -0.2) is 23.1 Å². The van der Waals surface area contributed by atoms with E-state index >= 15 is 0 Å². The van der Waals surface area contributed by atoms with Crippen LogP contribution in [0.5, 0.6) is 0 Å². The summed E-state index contributed by atoms with van der Waals surface area (Å²) in [4.78, 5) is 7.25. The van der Waals surface area contributed by atoms with Gasteiger partial charge in [-0.05, 0) is 37.1 Å². The number of hydrogen-bond donors (Lipinski definition) is 2. The fraction of sp³-hybridized carbons (Fsp3) is 0.300. The summed E-state index contributed by atoms with van der Waals surface area (Å²) < 4.78 is 66.7. The summed E-state index contributed by atoms with van der Waals surface area (Å²) in [5, 5.41) is 3.36. The third-order valence-electron chi connectivity index (χ3n) is 4.18. The van der Waals surface area contributed by atoms with E-state index in [0.29, 0.717) is 16.5 Å². The summed E-state index contributed by atoms with van der Waals surface area (Å²) in [7, 11) is -3.55. The summed E-state index contributed by atoms with van der Waals surface area (Å²) in [5.41, 5.74) is 1.36. The quantitative estimate of drug-likeness (QED) is 0.581. The number of aromatic nitrogens is 2. The molecule has 0 aliphatic rings. The first-order valence-electron chi connectivity index (χ1n) is 9.20. The molecule has 2 aromatic carbocycles. The average molecular weight is 438 g/mol. The van der Waals surface area contributed by atoms with E-state index in [2.05, 4.69) is 20.0 Å². The van der Waals surface area contributed by atoms with Crippen molar-refractivity contribution >= 4 is 26.7 Å². The predicted molar refractivity (Wildman–Crippen MR) is 109 cm³/mol. The van der Waals surface area contributed by atoms with Crippen molar-refractivity contribution in [2.24, 2.45) is 0 Å². The lowest BCUT2D eigenvalue weighted by molar-refractivity contribution is -0.144. The first kappa shape index (κ1) is 22.0. The van der Waals surface area contributed by atoms with Crippen molar-refractivity contribution in [3.05, 3.63) is 65.5 Å². The predicted octanol–water partition coefficient (Wildman–Crippen LogP) is 4.09. The lowest BCUT2D eigenvalue weighted by Crippen LogP contribution is -2.31. The number of fused-ring (bicyclic) bond motifs is 1. The molecule has 0 atom stereocenters. The minimum atomic E-state index is -4.69. The van der Waals surface area contributed by atoms with E-state index in [1.165, 1.54) is 6.07 Å². The van der Waals surface area contributed by atoms with E-state index in [9.17, 15) is 21.6 Å². The second-order valence-corrected chi connectivity index (χ2v) is 8.82. The van der Waals surface area contributed by atoms with E-state index in [4.69, 9.17) is 0 Å². The van der Waals surface area contributed by atoms with Crippen LogP contribution in [-0.2, 0) is 28.5 Å². The van der Waals surface area contributed by atoms with Gasteiger partial charge in [-0.1, -0.05) is 36.4 Å². The van der Waals surface area contributed by atoms with Gasteiger partial charge in [0.2, 0.25) is 15.8 Å². The number of anilines is 1. The number of rotatable bonds is 7. The van der Waals surface area contributed by atoms with Crippen LogP contribution < -0.4 is 10.0 Å². The van der Waals surface area contributed by atoms with Gasteiger partial charge in [-0.3, -0.25) is 0 Å². The molecule has 160 valence electrons. The zero-order valence-electron chi connectivity index (χ0n) is 16.4. The SMILES string of the molecule is CC(C)NS(=O)(=O)Cc1ccccc1CNc1nc(C(F)(F)F)nc2ccccc12. The van der Waals surface area contributed by atoms with Crippen LogP contribution in [0.15, 0.2) is 48.5 Å². The van der Waals surface area contributed by atoms with Gasteiger partial charge < -0.3 is 5.32 Å². The smallest absolute Gasteiger partial charge is 0.365 e. The highest BCUT2D eigenvalue weighted by Gasteiger charge is 2.35. The Morgan fingerprint density at radius 1 is 0.967 bits per heavy atom. The number of benzene rings is 2. The van der Waals surface area contributed by atoms with E-state index in [1.54, 1.807) is 56.3 Å². The topological polar surface area (TPSA) is 84.0 Å². The molecule has 0 radical (unpaired) electrons. The molecule has 1 aromatic heterocycles. The number of para-hydroxylation sites is 1. The minimum absolute atomic E-state index is 0.0332. The number of hydrogen-bond acceptors (Lipinski definition) is 5. The molecule has 6 nitrogen and oxygen atoms in total. The van der Waals surface area contributed by atoms with Crippen LogP contribution >= 0.6 is 0 Å². The number of nitrogens with zero attached hydrogens (tertiary/aromatic N) is 2. The number of alkyl halides is 3. The third-order valence-corrected chi connectivity index (χ3v) is 5.70. The number of sulfonamides is 1. The first-order chi connectivity index (χ1) is 14.0. The summed E-state index contributed by atoms with van der Waals surface area (Å²) >= 11 is 0. The maximum Gasteiger partial charge on any atom is 0.451 e. The molecule has 0 fully saturated rings. The van der Waals surface area contributed by atoms with Gasteiger partial charge in [-0.15, -0.1) is 0 Å². The third kappa shape index (κ3) is 5.45. The van der Waals surface area contributed by atoms with Gasteiger partial charge in [0.25, 0.3) is 0 Å². The van der Waals surface area contributed by atoms with Gasteiger partial charge in [0.1, 0.15) is 5.82 Å². The highest BCUT2D eigenvalue weighted by molar-refractivity contribution is 7.88. The molecule has 0 amide bonds. The molecule has 0 aliphatic carbocycles. The van der Waals surface area contributed by atoms with Crippen molar-refractivity contribution in [1.29, 1.82) is 0 Å². The van der Waals surface area contributed by atoms with Crippen LogP contribution in [0.4, 0.5) is 19.0 Å². The second kappa shape index (κ2) is 8.57. The summed E-state index contributed by atoms with van der Waals surface area (Å²) in [6.45, 7) is 3.55. The fourth-order valence-corrected chi connectivity index (χ4v) is 4.49. The fourth-order valence-electron chi connectivity index (χ4n) is 2.99. The van der Waals surface area contributed by atoms with Crippen molar-refractivity contribution < 1.29 is 21.6 Å². The van der Waals surface area contributed by atoms with Gasteiger partial charge in [-0.2, -0.15) is 13.2 Å². The Morgan fingerprint density at radius 2 is 1.60 bits per heavy atom. The maximum absolute atomic E-state index is 13.2. The Labute approximate surface area is 172 Å². The van der Waals surface area contributed by atoms with E-state index in [0.717, 1.165) is 0 Å². The van der Waals surface area contributed by atoms with Gasteiger partial charge in [0.05, 0.1) is 11.3 Å². The van der Waals surface area contributed by atoms with Crippen LogP contribution in [0.25, 0.3) is 10.9 Å². The van der Waals surface area contributed by atoms with E-state index in [-0.39, 0.29) is 29.7 Å². The lowest BCUT2D eigenvalue weighted by atomic mass is 10.1. The van der Waals surface area contributed by atoms with Crippen LogP contribution in [0.1, 0.15) is 30.8 Å². The van der Waals surface area contributed by atoms with E-state index in [1.807, 2.05) is 0 Å². The summed E-state index contributed by atoms with van der Waals surface area (Å²) in [6, 6.07) is 13.0. The monoisotopic (exact) mass is 438 g/mol. The van der Waals surface area contributed by atoms with Crippen molar-refractivity contribution in [2.45, 2.75) is 38.4 Å². The number of halogens is 3. The van der Waals surface area contributed by atoms with Crippen molar-refractivity contribution in [2.75, 3.05) is 5.32 Å². The molecule has 0 aliphatic heterocycles. The zero-order valence-corrected chi connectivity index (χ0v) is 17.2. The molecule has 0 spiro atoms. The number of nitrogens with one attached hydrogen (secondary N) is 2. The highest BCUT2D eigenvalue weighted by atomic mass is 32.2. The van der Waals surface area contributed by atoms with Crippen LogP contribution in [0.2, 0.25) is 0 Å². The molecule has 0 unspecified atom stereocenters. The molecule has 1 heterocycles. The molecule has 0 bridgehead atoms. The lowest BCUT2D eigenvalue weighted by Gasteiger charge is -2.15. The molecule has 3 aromatic rings. The molecule has 10 heteroatoms. The van der Waals surface area contributed by atoms with Crippen LogP contribution in [0.3, 0.4) is 0 Å². The standard InChI is InChI=1S/C20H21F3N4O2S/c1-13(2)27-30(28,29)12-15-8-4-3-7-14(15)11-24-18-16-9-5-6-10-17(16)25-19(26-18)20(21,22)23/h3-10,13,27H,11-12H2,1-2H3,(H,24,25,26). The van der Waals surface area contributed by atoms with Crippen molar-refractivity contribution in [1.82, 2.24) is 14.7 Å². The molecule has 0 saturated carbocycles. The Kier molecular flexibility index (Phi) is 6.27. The van der Waals surface area contributed by atoms with Crippen molar-refractivity contribution in [3.8, 4) is 0 Å². The molecular formula is C20H21F3N4O2S. The molecular weight excluding hydrogens is 417 g/mol. The first-order valence-corrected chi connectivity index (χ1v) is 10.8. The van der Waals surface area contributed by atoms with Gasteiger partial charge in [0, 0.05) is 18.0 Å². The normalized spacial score (nSPS) is 12.5. The molecule has 0 saturated heterocycles. The van der Waals surface area contributed by atoms with Crippen LogP contribution in [0, 0.1) is 0 Å². The van der Waals surface area contributed by atoms with Gasteiger partial charge in [0.15, 0.2) is 0 Å². The Hall–Kier alpha value is -2.72. The van der Waals surface area contributed by atoms with E-state index < -0.39 is 22.0 Å². The molecule has 30 heavy (non-hydrogen) atoms. The van der Waals surface area contributed by atoms with Crippen molar-refractivity contribution in [3.63, 3.8) is 0 Å². The Balaban J connectivity index is 1.90. The Morgan fingerprint density at radius 3 is 2.27 bits per heavy atom. The maximum atomic E-state index is 13.2. The molecule has 2 N–H and O–H groups in total. The average Bonchev–Trinajstić information content (AvgIpc) is 2.64. The summed E-state index contributed by atoms with van der Waals surface area (Å²) in [6.07, 6.45) is -4.69. The zero-order chi connectivity index (χ0) is 21.9. The largest absolute Gasteiger partial charge is 0.451 e. The second-order valence-electron chi connectivity index (χ2n) is 7.06. The van der Waals surface area contributed by atoms with Gasteiger partial charge >= 0.3 is 6.18 Å². The molecule has 3 rings (SSSR count). The highest BCUT2D eigenvalue weighted by Crippen LogP contribution is 2.30.